The van der Waals surface area contributed by atoms with Gasteiger partial charge < -0.3 is 5.32 Å². The summed E-state index contributed by atoms with van der Waals surface area (Å²) in [6.07, 6.45) is 1.42. The first-order chi connectivity index (χ1) is 12.3. The maximum absolute atomic E-state index is 12.4. The first kappa shape index (κ1) is 20.2. The number of nitrogens with one attached hydrogen (secondary N) is 2. The predicted octanol–water partition coefficient (Wildman–Crippen LogP) is 3.34. The molecule has 0 fully saturated rings. The van der Waals surface area contributed by atoms with Crippen molar-refractivity contribution in [3.63, 3.8) is 0 Å². The van der Waals surface area contributed by atoms with Gasteiger partial charge in [0.05, 0.1) is 5.02 Å². The number of sulfonamides is 1. The fraction of sp³-hybridized carbons (Fsp3) is 0.211. The molecule has 0 unspecified atom stereocenters. The highest BCUT2D eigenvalue weighted by Gasteiger charge is 2.19. The molecule has 2 aromatic carbocycles. The van der Waals surface area contributed by atoms with Crippen LogP contribution in [0.25, 0.3) is 0 Å². The highest BCUT2D eigenvalue weighted by Crippen LogP contribution is 2.23. The summed E-state index contributed by atoms with van der Waals surface area (Å²) in [6.45, 7) is 5.98. The summed E-state index contributed by atoms with van der Waals surface area (Å²) in [4.78, 5) is 12.3. The average Bonchev–Trinajstić information content (AvgIpc) is 2.65. The molecular formula is C19H21ClN2O3S. The normalized spacial score (nSPS) is 12.4. The lowest BCUT2D eigenvalue weighted by atomic mass is 10.0. The van der Waals surface area contributed by atoms with Gasteiger partial charge in [0.1, 0.15) is 4.90 Å². The molecule has 0 aromatic heterocycles. The zero-order valence-electron chi connectivity index (χ0n) is 14.4. The lowest BCUT2D eigenvalue weighted by Gasteiger charge is -2.14. The van der Waals surface area contributed by atoms with Gasteiger partial charge in [0.15, 0.2) is 0 Å². The molecular weight excluding hydrogens is 372 g/mol. The van der Waals surface area contributed by atoms with Crippen molar-refractivity contribution in [3.05, 3.63) is 77.3 Å². The Kier molecular flexibility index (Phi) is 6.97. The van der Waals surface area contributed by atoms with Crippen LogP contribution in [0.1, 0.15) is 28.8 Å². The van der Waals surface area contributed by atoms with Gasteiger partial charge in [-0.15, -0.1) is 6.58 Å². The third kappa shape index (κ3) is 5.17. The van der Waals surface area contributed by atoms with Gasteiger partial charge in [-0.1, -0.05) is 54.9 Å². The predicted molar refractivity (Wildman–Crippen MR) is 104 cm³/mol. The van der Waals surface area contributed by atoms with Crippen molar-refractivity contribution in [1.82, 2.24) is 10.0 Å². The molecule has 0 heterocycles. The monoisotopic (exact) mass is 392 g/mol. The van der Waals surface area contributed by atoms with Crippen LogP contribution in [0.4, 0.5) is 0 Å². The zero-order chi connectivity index (χ0) is 19.2. The zero-order valence-corrected chi connectivity index (χ0v) is 16.0. The maximum atomic E-state index is 12.4. The van der Waals surface area contributed by atoms with E-state index in [4.69, 9.17) is 11.6 Å². The molecule has 26 heavy (non-hydrogen) atoms. The van der Waals surface area contributed by atoms with Crippen molar-refractivity contribution in [1.29, 1.82) is 0 Å². The largest absolute Gasteiger partial charge is 0.351 e. The Morgan fingerprint density at radius 1 is 1.23 bits per heavy atom. The number of carbonyl (C=O) groups is 1. The molecule has 2 N–H and O–H groups in total. The van der Waals surface area contributed by atoms with Gasteiger partial charge in [-0.2, -0.15) is 0 Å². The second-order valence-electron chi connectivity index (χ2n) is 5.81. The van der Waals surface area contributed by atoms with Crippen LogP contribution in [0.15, 0.2) is 66.1 Å². The van der Waals surface area contributed by atoms with Crippen LogP contribution < -0.4 is 10.0 Å². The first-order valence-corrected chi connectivity index (χ1v) is 9.94. The minimum Gasteiger partial charge on any atom is -0.351 e. The van der Waals surface area contributed by atoms with E-state index in [0.717, 1.165) is 5.56 Å². The van der Waals surface area contributed by atoms with Crippen molar-refractivity contribution in [2.75, 3.05) is 13.1 Å². The molecule has 0 spiro atoms. The number of rotatable bonds is 8. The lowest BCUT2D eigenvalue weighted by Crippen LogP contribution is -2.28. The molecule has 0 aliphatic heterocycles. The quantitative estimate of drug-likeness (QED) is 0.676. The van der Waals surface area contributed by atoms with Gasteiger partial charge in [0.25, 0.3) is 5.91 Å². The van der Waals surface area contributed by atoms with Crippen molar-refractivity contribution < 1.29 is 13.2 Å². The summed E-state index contributed by atoms with van der Waals surface area (Å²) in [5.74, 6) is -0.227. The van der Waals surface area contributed by atoms with E-state index in [1.807, 2.05) is 37.3 Å². The van der Waals surface area contributed by atoms with Crippen LogP contribution >= 0.6 is 11.6 Å². The summed E-state index contributed by atoms with van der Waals surface area (Å²) in [5, 5.41) is 2.88. The third-order valence-corrected chi connectivity index (χ3v) is 5.74. The van der Waals surface area contributed by atoms with Gasteiger partial charge in [-0.3, -0.25) is 4.79 Å². The van der Waals surface area contributed by atoms with Crippen LogP contribution in [0.2, 0.25) is 5.02 Å². The number of carbonyl (C=O) groups excluding carboxylic acids is 1. The molecule has 2 rings (SSSR count). The molecule has 2 aromatic rings. The van der Waals surface area contributed by atoms with Gasteiger partial charge in [0.2, 0.25) is 10.0 Å². The number of hydrogen-bond acceptors (Lipinski definition) is 3. The maximum Gasteiger partial charge on any atom is 0.251 e. The van der Waals surface area contributed by atoms with Crippen LogP contribution in [-0.4, -0.2) is 27.4 Å². The second-order valence-corrected chi connectivity index (χ2v) is 7.95. The highest BCUT2D eigenvalue weighted by molar-refractivity contribution is 7.89. The molecule has 0 aliphatic rings. The number of benzene rings is 2. The SMILES string of the molecule is C=CCNS(=O)(=O)c1cc(C(=O)NC[C@@H](C)c2ccccc2)ccc1Cl. The molecule has 0 radical (unpaired) electrons. The Bertz CT molecular complexity index is 883. The van der Waals surface area contributed by atoms with E-state index >= 15 is 0 Å². The van der Waals surface area contributed by atoms with Gasteiger partial charge in [-0.05, 0) is 29.7 Å². The average molecular weight is 393 g/mol. The Balaban J connectivity index is 2.12. The highest BCUT2D eigenvalue weighted by atomic mass is 35.5. The molecule has 138 valence electrons. The summed E-state index contributed by atoms with van der Waals surface area (Å²) >= 11 is 6.00. The Labute approximate surface area is 159 Å². The summed E-state index contributed by atoms with van der Waals surface area (Å²) in [7, 11) is -3.82. The minimum atomic E-state index is -3.82. The minimum absolute atomic E-state index is 0.0516. The molecule has 7 heteroatoms. The molecule has 0 bridgehead atoms. The second kappa shape index (κ2) is 8.98. The third-order valence-electron chi connectivity index (χ3n) is 3.84. The van der Waals surface area contributed by atoms with Gasteiger partial charge >= 0.3 is 0 Å². The Morgan fingerprint density at radius 2 is 1.92 bits per heavy atom. The molecule has 0 aliphatic carbocycles. The van der Waals surface area contributed by atoms with Gasteiger partial charge in [0, 0.05) is 18.7 Å². The molecule has 5 nitrogen and oxygen atoms in total. The van der Waals surface area contributed by atoms with Crippen LogP contribution in [0.5, 0.6) is 0 Å². The van der Waals surface area contributed by atoms with Crippen LogP contribution in [0.3, 0.4) is 0 Å². The van der Waals surface area contributed by atoms with E-state index < -0.39 is 10.0 Å². The van der Waals surface area contributed by atoms with E-state index in [9.17, 15) is 13.2 Å². The fourth-order valence-corrected chi connectivity index (χ4v) is 3.87. The lowest BCUT2D eigenvalue weighted by molar-refractivity contribution is 0.0951. The number of amides is 1. The van der Waals surface area contributed by atoms with Crippen LogP contribution in [0, 0.1) is 0 Å². The topological polar surface area (TPSA) is 75.3 Å². The first-order valence-electron chi connectivity index (χ1n) is 8.08. The summed E-state index contributed by atoms with van der Waals surface area (Å²) in [6, 6.07) is 14.0. The van der Waals surface area contributed by atoms with Crippen molar-refractivity contribution >= 4 is 27.5 Å². The number of halogens is 1. The Hall–Kier alpha value is -2.15. The summed E-state index contributed by atoms with van der Waals surface area (Å²) in [5.41, 5.74) is 1.34. The van der Waals surface area contributed by atoms with Crippen LogP contribution in [-0.2, 0) is 10.0 Å². The molecule has 0 saturated heterocycles. The fourth-order valence-electron chi connectivity index (χ4n) is 2.34. The smallest absolute Gasteiger partial charge is 0.251 e. The van der Waals surface area contributed by atoms with E-state index in [1.165, 1.54) is 24.3 Å². The number of hydrogen-bond donors (Lipinski definition) is 2. The molecule has 0 saturated carbocycles. The van der Waals surface area contributed by atoms with Crippen molar-refractivity contribution in [3.8, 4) is 0 Å². The van der Waals surface area contributed by atoms with E-state index in [1.54, 1.807) is 0 Å². The van der Waals surface area contributed by atoms with Crippen molar-refractivity contribution in [2.45, 2.75) is 17.7 Å². The summed E-state index contributed by atoms with van der Waals surface area (Å²) < 4.78 is 26.9. The van der Waals surface area contributed by atoms with E-state index in [-0.39, 0.29) is 33.9 Å². The molecule has 1 amide bonds. The van der Waals surface area contributed by atoms with E-state index in [2.05, 4.69) is 16.6 Å². The standard InChI is InChI=1S/C19H21ClN2O3S/c1-3-11-22-26(24,25)18-12-16(9-10-17(18)20)19(23)21-13-14(2)15-7-5-4-6-8-15/h3-10,12,14,22H,1,11,13H2,2H3,(H,21,23)/t14-/m1/s1. The van der Waals surface area contributed by atoms with Gasteiger partial charge in [-0.25, -0.2) is 13.1 Å². The molecule has 1 atom stereocenters. The van der Waals surface area contributed by atoms with Crippen molar-refractivity contribution in [2.24, 2.45) is 0 Å². The Morgan fingerprint density at radius 3 is 2.58 bits per heavy atom. The van der Waals surface area contributed by atoms with E-state index in [0.29, 0.717) is 6.54 Å².